The number of nitrogens with zero attached hydrogens (tertiary/aromatic N) is 1. The summed E-state index contributed by atoms with van der Waals surface area (Å²) in [5, 5.41) is 4.59. The number of hydrogen-bond acceptors (Lipinski definition) is 5. The quantitative estimate of drug-likeness (QED) is 0.133. The Kier molecular flexibility index (Phi) is 10.4. The number of methoxy groups -OCH3 is 1. The third kappa shape index (κ3) is 7.54. The van der Waals surface area contributed by atoms with Gasteiger partial charge in [-0.1, -0.05) is 103 Å². The third-order valence-electron chi connectivity index (χ3n) is 8.18. The minimum absolute atomic E-state index is 0.164. The number of rotatable bonds is 12. The van der Waals surface area contributed by atoms with Gasteiger partial charge in [0.1, 0.15) is 12.4 Å². The highest BCUT2D eigenvalue weighted by atomic mass is 35.5. The molecule has 0 fully saturated rings. The predicted molar refractivity (Wildman–Crippen MR) is 188 cm³/mol. The van der Waals surface area contributed by atoms with E-state index in [1.165, 1.54) is 7.11 Å². The lowest BCUT2D eigenvalue weighted by Gasteiger charge is -2.25. The molecule has 48 heavy (non-hydrogen) atoms. The Labute approximate surface area is 284 Å². The number of nitrogens with one attached hydrogen (secondary N) is 1. The molecule has 1 heterocycles. The van der Waals surface area contributed by atoms with Crippen LogP contribution in [0.25, 0.3) is 10.9 Å². The van der Waals surface area contributed by atoms with Crippen molar-refractivity contribution in [3.63, 3.8) is 0 Å². The first kappa shape index (κ1) is 32.4. The van der Waals surface area contributed by atoms with Crippen LogP contribution in [0.3, 0.4) is 0 Å². The number of halogens is 1. The second-order valence-electron chi connectivity index (χ2n) is 11.2. The Bertz CT molecular complexity index is 1940. The van der Waals surface area contributed by atoms with Crippen molar-refractivity contribution in [1.29, 1.82) is 0 Å². The fourth-order valence-corrected chi connectivity index (χ4v) is 6.11. The topological polar surface area (TPSA) is 78.8 Å². The molecule has 1 amide bonds. The molecule has 0 aliphatic heterocycles. The van der Waals surface area contributed by atoms with Crippen molar-refractivity contribution in [3.8, 4) is 5.75 Å². The van der Waals surface area contributed by atoms with Crippen LogP contribution in [0.4, 0.5) is 4.79 Å². The van der Waals surface area contributed by atoms with Gasteiger partial charge < -0.3 is 24.1 Å². The van der Waals surface area contributed by atoms with E-state index in [-0.39, 0.29) is 19.2 Å². The molecular weight excluding hydrogens is 624 g/mol. The maximum absolute atomic E-state index is 13.1. The fourth-order valence-electron chi connectivity index (χ4n) is 5.94. The van der Waals surface area contributed by atoms with Gasteiger partial charge in [-0.2, -0.15) is 0 Å². The lowest BCUT2D eigenvalue weighted by molar-refractivity contribution is 0.0600. The minimum atomic E-state index is -0.516. The van der Waals surface area contributed by atoms with E-state index in [9.17, 15) is 9.59 Å². The van der Waals surface area contributed by atoms with Crippen molar-refractivity contribution in [3.05, 3.63) is 172 Å². The van der Waals surface area contributed by atoms with Crippen LogP contribution in [0.1, 0.15) is 44.3 Å². The Morgan fingerprint density at radius 2 is 1.42 bits per heavy atom. The van der Waals surface area contributed by atoms with Gasteiger partial charge in [0, 0.05) is 28.0 Å². The number of amides is 1. The number of carbonyl (C=O) groups excluding carboxylic acids is 2. The highest BCUT2D eigenvalue weighted by molar-refractivity contribution is 6.31. The van der Waals surface area contributed by atoms with E-state index in [4.69, 9.17) is 25.8 Å². The molecule has 0 saturated carbocycles. The number of ether oxygens (including phenoxy) is 3. The van der Waals surface area contributed by atoms with Crippen LogP contribution >= 0.6 is 11.6 Å². The van der Waals surface area contributed by atoms with Crippen LogP contribution < -0.4 is 10.1 Å². The molecule has 1 N–H and O–H groups in total. The maximum atomic E-state index is 13.1. The Morgan fingerprint density at radius 1 is 0.792 bits per heavy atom. The van der Waals surface area contributed by atoms with Crippen molar-refractivity contribution in [2.45, 2.75) is 25.6 Å². The fraction of sp³-hybridized carbons (Fsp3) is 0.150. The van der Waals surface area contributed by atoms with Crippen molar-refractivity contribution in [2.24, 2.45) is 0 Å². The second kappa shape index (κ2) is 15.4. The standard InChI is InChI=1S/C40H35ClN2O5/c1-46-39(44)31-17-20-33(21-18-31)47-24-23-34-35-25-32(41)19-22-36(35)43(37(34)26-42-40(45)48-27-28-11-5-2-6-12-28)38(29-13-7-3-8-14-29)30-15-9-4-10-16-30/h2-22,25,38H,23-24,26-27H2,1H3,(H,42,45). The molecule has 6 aromatic rings. The zero-order valence-corrected chi connectivity index (χ0v) is 27.2. The second-order valence-corrected chi connectivity index (χ2v) is 11.6. The van der Waals surface area contributed by atoms with Crippen LogP contribution in [0.15, 0.2) is 133 Å². The molecule has 0 spiro atoms. The van der Waals surface area contributed by atoms with Gasteiger partial charge in [-0.3, -0.25) is 0 Å². The molecule has 242 valence electrons. The number of aromatic nitrogens is 1. The molecule has 0 saturated heterocycles. The zero-order valence-electron chi connectivity index (χ0n) is 26.5. The van der Waals surface area contributed by atoms with Gasteiger partial charge in [0.25, 0.3) is 0 Å². The summed E-state index contributed by atoms with van der Waals surface area (Å²) in [4.78, 5) is 24.9. The first-order chi connectivity index (χ1) is 23.5. The normalized spacial score (nSPS) is 11.0. The molecule has 0 unspecified atom stereocenters. The van der Waals surface area contributed by atoms with Crippen molar-refractivity contribution in [1.82, 2.24) is 9.88 Å². The van der Waals surface area contributed by atoms with Gasteiger partial charge in [-0.05, 0) is 64.7 Å². The van der Waals surface area contributed by atoms with Gasteiger partial charge in [0.2, 0.25) is 0 Å². The van der Waals surface area contributed by atoms with Gasteiger partial charge in [-0.15, -0.1) is 0 Å². The molecule has 7 nitrogen and oxygen atoms in total. The molecule has 1 aromatic heterocycles. The van der Waals surface area contributed by atoms with Crippen LogP contribution in [0, 0.1) is 0 Å². The largest absolute Gasteiger partial charge is 0.493 e. The smallest absolute Gasteiger partial charge is 0.407 e. The van der Waals surface area contributed by atoms with Crippen LogP contribution in [0.2, 0.25) is 5.02 Å². The van der Waals surface area contributed by atoms with E-state index in [2.05, 4.69) is 34.1 Å². The van der Waals surface area contributed by atoms with Gasteiger partial charge in [0.15, 0.2) is 0 Å². The molecular formula is C40H35ClN2O5. The van der Waals surface area contributed by atoms with E-state index >= 15 is 0 Å². The van der Waals surface area contributed by atoms with Gasteiger partial charge in [0.05, 0.1) is 31.9 Å². The summed E-state index contributed by atoms with van der Waals surface area (Å²) in [6.07, 6.45) is 0.00664. The Balaban J connectivity index is 1.38. The Hall–Kier alpha value is -5.53. The SMILES string of the molecule is COC(=O)c1ccc(OCCc2c(CNC(=O)OCc3ccccc3)n(C(c3ccccc3)c3ccccc3)c3ccc(Cl)cc23)cc1. The predicted octanol–water partition coefficient (Wildman–Crippen LogP) is 8.77. The minimum Gasteiger partial charge on any atom is -0.493 e. The number of benzene rings is 5. The first-order valence-corrected chi connectivity index (χ1v) is 16.1. The molecule has 0 radical (unpaired) electrons. The number of esters is 1. The summed E-state index contributed by atoms with van der Waals surface area (Å²) in [5.74, 6) is 0.220. The molecule has 0 aliphatic rings. The van der Waals surface area contributed by atoms with Gasteiger partial charge in [-0.25, -0.2) is 9.59 Å². The highest BCUT2D eigenvalue weighted by Gasteiger charge is 2.26. The maximum Gasteiger partial charge on any atom is 0.407 e. The average molecular weight is 659 g/mol. The molecule has 6 rings (SSSR count). The van der Waals surface area contributed by atoms with E-state index in [0.717, 1.165) is 38.9 Å². The van der Waals surface area contributed by atoms with E-state index in [0.29, 0.717) is 29.4 Å². The van der Waals surface area contributed by atoms with Crippen molar-refractivity contribution < 1.29 is 23.8 Å². The van der Waals surface area contributed by atoms with Crippen molar-refractivity contribution in [2.75, 3.05) is 13.7 Å². The van der Waals surface area contributed by atoms with Crippen LogP contribution in [-0.4, -0.2) is 30.3 Å². The summed E-state index contributed by atoms with van der Waals surface area (Å²) < 4.78 is 18.8. The summed E-state index contributed by atoms with van der Waals surface area (Å²) in [6, 6.07) is 42.7. The lowest BCUT2D eigenvalue weighted by Crippen LogP contribution is -2.27. The Morgan fingerprint density at radius 3 is 2.04 bits per heavy atom. The van der Waals surface area contributed by atoms with E-state index < -0.39 is 12.1 Å². The summed E-state index contributed by atoms with van der Waals surface area (Å²) >= 11 is 6.61. The third-order valence-corrected chi connectivity index (χ3v) is 8.42. The number of carbonyl (C=O) groups is 2. The molecule has 0 atom stereocenters. The number of fused-ring (bicyclic) bond motifs is 1. The van der Waals surface area contributed by atoms with Crippen LogP contribution in [-0.2, 0) is 29.0 Å². The number of hydrogen-bond donors (Lipinski definition) is 1. The first-order valence-electron chi connectivity index (χ1n) is 15.7. The van der Waals surface area contributed by atoms with Crippen LogP contribution in [0.5, 0.6) is 5.75 Å². The monoisotopic (exact) mass is 658 g/mol. The van der Waals surface area contributed by atoms with E-state index in [1.54, 1.807) is 24.3 Å². The highest BCUT2D eigenvalue weighted by Crippen LogP contribution is 2.37. The summed E-state index contributed by atoms with van der Waals surface area (Å²) in [6.45, 7) is 0.715. The molecule has 8 heteroatoms. The summed E-state index contributed by atoms with van der Waals surface area (Å²) in [5.41, 5.74) is 6.42. The summed E-state index contributed by atoms with van der Waals surface area (Å²) in [7, 11) is 1.35. The average Bonchev–Trinajstić information content (AvgIpc) is 3.42. The number of alkyl carbamates (subject to hydrolysis) is 1. The molecule has 0 bridgehead atoms. The van der Waals surface area contributed by atoms with E-state index in [1.807, 2.05) is 84.9 Å². The van der Waals surface area contributed by atoms with Gasteiger partial charge >= 0.3 is 12.1 Å². The lowest BCUT2D eigenvalue weighted by atomic mass is 9.98. The molecule has 5 aromatic carbocycles. The molecule has 0 aliphatic carbocycles. The van der Waals surface area contributed by atoms with Crippen molar-refractivity contribution >= 4 is 34.6 Å². The zero-order chi connectivity index (χ0) is 33.3.